The lowest BCUT2D eigenvalue weighted by atomic mass is 10.1. The van der Waals surface area contributed by atoms with Crippen molar-refractivity contribution in [2.24, 2.45) is 0 Å². The molecule has 0 spiro atoms. The van der Waals surface area contributed by atoms with Gasteiger partial charge in [0.2, 0.25) is 5.95 Å². The van der Waals surface area contributed by atoms with E-state index in [1.165, 1.54) is 10.9 Å². The molecule has 0 aliphatic carbocycles. The summed E-state index contributed by atoms with van der Waals surface area (Å²) in [6.07, 6.45) is 5.63. The Balaban J connectivity index is 1.33. The van der Waals surface area contributed by atoms with Crippen LogP contribution in [0.5, 0.6) is 0 Å². The summed E-state index contributed by atoms with van der Waals surface area (Å²) in [5, 5.41) is 8.99. The second-order valence-corrected chi connectivity index (χ2v) is 6.39. The van der Waals surface area contributed by atoms with Gasteiger partial charge >= 0.3 is 0 Å². The van der Waals surface area contributed by atoms with E-state index in [2.05, 4.69) is 54.8 Å². The summed E-state index contributed by atoms with van der Waals surface area (Å²) in [4.78, 5) is 15.3. The Kier molecular flexibility index (Phi) is 3.72. The molecule has 6 nitrogen and oxygen atoms in total. The molecule has 0 aliphatic rings. The Hall–Kier alpha value is -3.80. The fourth-order valence-electron chi connectivity index (χ4n) is 3.24. The van der Waals surface area contributed by atoms with Crippen LogP contribution in [-0.4, -0.2) is 19.9 Å². The first kappa shape index (κ1) is 15.5. The molecule has 0 fully saturated rings. The maximum absolute atomic E-state index is 4.58. The van der Waals surface area contributed by atoms with Gasteiger partial charge in [-0.2, -0.15) is 4.98 Å². The van der Waals surface area contributed by atoms with Crippen LogP contribution in [0.4, 0.5) is 17.5 Å². The van der Waals surface area contributed by atoms with Gasteiger partial charge in [-0.3, -0.25) is 0 Å². The van der Waals surface area contributed by atoms with Crippen molar-refractivity contribution in [2.75, 3.05) is 10.6 Å². The molecule has 3 aromatic heterocycles. The number of hydrogen-bond donors (Lipinski definition) is 4. The van der Waals surface area contributed by atoms with Crippen LogP contribution in [0.1, 0.15) is 5.56 Å². The first-order valence-corrected chi connectivity index (χ1v) is 8.81. The van der Waals surface area contributed by atoms with Gasteiger partial charge < -0.3 is 20.6 Å². The number of H-pyrrole nitrogens is 2. The minimum atomic E-state index is 0.565. The van der Waals surface area contributed by atoms with E-state index < -0.39 is 0 Å². The summed E-state index contributed by atoms with van der Waals surface area (Å²) in [6, 6.07) is 18.4. The predicted molar refractivity (Wildman–Crippen MR) is 109 cm³/mol. The number of hydrogen-bond acceptors (Lipinski definition) is 4. The van der Waals surface area contributed by atoms with Crippen LogP contribution in [0.2, 0.25) is 0 Å². The second kappa shape index (κ2) is 6.49. The molecule has 0 radical (unpaired) electrons. The van der Waals surface area contributed by atoms with E-state index in [0.717, 1.165) is 27.9 Å². The third-order valence-electron chi connectivity index (χ3n) is 4.59. The molecular formula is C21H18N6. The topological polar surface area (TPSA) is 81.4 Å². The zero-order chi connectivity index (χ0) is 18.1. The van der Waals surface area contributed by atoms with Gasteiger partial charge in [-0.15, -0.1) is 0 Å². The Morgan fingerprint density at radius 3 is 2.81 bits per heavy atom. The van der Waals surface area contributed by atoms with E-state index in [9.17, 15) is 0 Å². The molecule has 6 heteroatoms. The molecule has 0 unspecified atom stereocenters. The number of nitrogens with zero attached hydrogens (tertiary/aromatic N) is 2. The van der Waals surface area contributed by atoms with E-state index in [0.29, 0.717) is 12.5 Å². The van der Waals surface area contributed by atoms with Crippen LogP contribution in [0, 0.1) is 0 Å². The highest BCUT2D eigenvalue weighted by molar-refractivity contribution is 5.93. The Bertz CT molecular complexity index is 1220. The van der Waals surface area contributed by atoms with Crippen molar-refractivity contribution in [1.82, 2.24) is 19.9 Å². The molecule has 0 bridgehead atoms. The van der Waals surface area contributed by atoms with Crippen molar-refractivity contribution >= 4 is 39.3 Å². The summed E-state index contributed by atoms with van der Waals surface area (Å²) in [5.74, 6) is 1.35. The number of anilines is 3. The third-order valence-corrected chi connectivity index (χ3v) is 4.59. The summed E-state index contributed by atoms with van der Waals surface area (Å²) in [6.45, 7) is 0.699. The van der Waals surface area contributed by atoms with Crippen LogP contribution in [0.3, 0.4) is 0 Å². The molecule has 132 valence electrons. The SMILES string of the molecule is c1cc(Nc2nccc(NCc3ccc4[nH]ccc4c3)n2)c2cc[nH]c2c1. The molecule has 27 heavy (non-hydrogen) atoms. The van der Waals surface area contributed by atoms with Crippen molar-refractivity contribution in [2.45, 2.75) is 6.54 Å². The van der Waals surface area contributed by atoms with Gasteiger partial charge in [0.1, 0.15) is 5.82 Å². The number of benzene rings is 2. The van der Waals surface area contributed by atoms with Crippen LogP contribution in [-0.2, 0) is 6.54 Å². The molecule has 0 saturated heterocycles. The Morgan fingerprint density at radius 1 is 0.889 bits per heavy atom. The molecule has 2 aromatic carbocycles. The molecule has 5 rings (SSSR count). The second-order valence-electron chi connectivity index (χ2n) is 6.39. The quantitative estimate of drug-likeness (QED) is 0.366. The number of rotatable bonds is 5. The van der Waals surface area contributed by atoms with Crippen molar-refractivity contribution in [1.29, 1.82) is 0 Å². The minimum Gasteiger partial charge on any atom is -0.366 e. The van der Waals surface area contributed by atoms with Crippen LogP contribution in [0.15, 0.2) is 73.2 Å². The van der Waals surface area contributed by atoms with Crippen LogP contribution >= 0.6 is 0 Å². The first-order valence-electron chi connectivity index (χ1n) is 8.81. The van der Waals surface area contributed by atoms with Crippen molar-refractivity contribution < 1.29 is 0 Å². The van der Waals surface area contributed by atoms with Crippen molar-refractivity contribution in [3.63, 3.8) is 0 Å². The maximum atomic E-state index is 4.58. The van der Waals surface area contributed by atoms with Crippen molar-refractivity contribution in [3.8, 4) is 0 Å². The first-order chi connectivity index (χ1) is 13.3. The molecule has 0 atom stereocenters. The zero-order valence-corrected chi connectivity index (χ0v) is 14.5. The Morgan fingerprint density at radius 2 is 1.81 bits per heavy atom. The lowest BCUT2D eigenvalue weighted by Crippen LogP contribution is -2.04. The molecular weight excluding hydrogens is 336 g/mol. The molecule has 0 saturated carbocycles. The lowest BCUT2D eigenvalue weighted by molar-refractivity contribution is 1.09. The monoisotopic (exact) mass is 354 g/mol. The van der Waals surface area contributed by atoms with E-state index in [1.807, 2.05) is 42.7 Å². The average Bonchev–Trinajstić information content (AvgIpc) is 3.36. The summed E-state index contributed by atoms with van der Waals surface area (Å²) in [5.41, 5.74) is 4.40. The van der Waals surface area contributed by atoms with E-state index in [1.54, 1.807) is 6.20 Å². The van der Waals surface area contributed by atoms with Gasteiger partial charge in [0.05, 0.1) is 5.69 Å². The predicted octanol–water partition coefficient (Wildman–Crippen LogP) is 4.79. The number of fused-ring (bicyclic) bond motifs is 2. The molecule has 4 N–H and O–H groups in total. The van der Waals surface area contributed by atoms with E-state index >= 15 is 0 Å². The lowest BCUT2D eigenvalue weighted by Gasteiger charge is -2.09. The fraction of sp³-hybridized carbons (Fsp3) is 0.0476. The van der Waals surface area contributed by atoms with E-state index in [4.69, 9.17) is 0 Å². The average molecular weight is 354 g/mol. The van der Waals surface area contributed by atoms with Crippen molar-refractivity contribution in [3.05, 3.63) is 78.8 Å². The smallest absolute Gasteiger partial charge is 0.229 e. The van der Waals surface area contributed by atoms with E-state index in [-0.39, 0.29) is 0 Å². The zero-order valence-electron chi connectivity index (χ0n) is 14.5. The maximum Gasteiger partial charge on any atom is 0.229 e. The third kappa shape index (κ3) is 3.08. The molecule has 5 aromatic rings. The van der Waals surface area contributed by atoms with Gasteiger partial charge in [0, 0.05) is 41.6 Å². The highest BCUT2D eigenvalue weighted by Gasteiger charge is 2.05. The van der Waals surface area contributed by atoms with Gasteiger partial charge in [-0.25, -0.2) is 4.98 Å². The van der Waals surface area contributed by atoms with Crippen LogP contribution < -0.4 is 10.6 Å². The largest absolute Gasteiger partial charge is 0.366 e. The highest BCUT2D eigenvalue weighted by Crippen LogP contribution is 2.24. The summed E-state index contributed by atoms with van der Waals surface area (Å²) < 4.78 is 0. The standard InChI is InChI=1S/C21H18N6/c1-2-18-16(7-10-23-18)19(3-1)26-21-24-11-8-20(27-21)25-13-14-4-5-17-15(12-14)6-9-22-17/h1-12,22-23H,13H2,(H2,24,25,26,27). The number of aromatic amines is 2. The number of nitrogens with one attached hydrogen (secondary N) is 4. The van der Waals surface area contributed by atoms with Crippen LogP contribution in [0.25, 0.3) is 21.8 Å². The minimum absolute atomic E-state index is 0.565. The van der Waals surface area contributed by atoms with Gasteiger partial charge in [-0.1, -0.05) is 12.1 Å². The van der Waals surface area contributed by atoms with Gasteiger partial charge in [-0.05, 0) is 53.4 Å². The normalized spacial score (nSPS) is 11.1. The fourth-order valence-corrected chi connectivity index (χ4v) is 3.24. The van der Waals surface area contributed by atoms with Gasteiger partial charge in [0.25, 0.3) is 0 Å². The summed E-state index contributed by atoms with van der Waals surface area (Å²) >= 11 is 0. The van der Waals surface area contributed by atoms with Gasteiger partial charge in [0.15, 0.2) is 0 Å². The Labute approximate surface area is 155 Å². The highest BCUT2D eigenvalue weighted by atomic mass is 15.1. The number of aromatic nitrogens is 4. The molecule has 0 amide bonds. The molecule has 0 aliphatic heterocycles. The molecule has 3 heterocycles. The summed E-state index contributed by atoms with van der Waals surface area (Å²) in [7, 11) is 0.